The van der Waals surface area contributed by atoms with Gasteiger partial charge in [-0.3, -0.25) is 19.4 Å². The number of nitrogens with zero attached hydrogens (tertiary/aromatic N) is 4. The number of halogens is 1. The molecular weight excluding hydrogens is 383 g/mol. The van der Waals surface area contributed by atoms with Gasteiger partial charge >= 0.3 is 0 Å². The van der Waals surface area contributed by atoms with E-state index in [9.17, 15) is 14.0 Å². The van der Waals surface area contributed by atoms with Crippen LogP contribution >= 0.6 is 0 Å². The van der Waals surface area contributed by atoms with Crippen molar-refractivity contribution in [1.29, 1.82) is 0 Å². The number of carbonyl (C=O) groups excluding carboxylic acids is 2. The van der Waals surface area contributed by atoms with Gasteiger partial charge in [0.2, 0.25) is 11.8 Å². The van der Waals surface area contributed by atoms with Crippen LogP contribution in [0, 0.1) is 5.82 Å². The van der Waals surface area contributed by atoms with Gasteiger partial charge < -0.3 is 9.80 Å². The summed E-state index contributed by atoms with van der Waals surface area (Å²) in [5.41, 5.74) is 0.920. The summed E-state index contributed by atoms with van der Waals surface area (Å²) in [6.45, 7) is 7.80. The molecule has 0 aromatic heterocycles. The molecular formula is C23H35FN4O2. The molecule has 1 atom stereocenters. The van der Waals surface area contributed by atoms with Crippen LogP contribution in [0.4, 0.5) is 4.39 Å². The average Bonchev–Trinajstić information content (AvgIpc) is 3.04. The Balaban J connectivity index is 1.41. The van der Waals surface area contributed by atoms with Crippen molar-refractivity contribution in [2.75, 3.05) is 59.4 Å². The Kier molecular flexibility index (Phi) is 8.22. The Labute approximate surface area is 179 Å². The highest BCUT2D eigenvalue weighted by Gasteiger charge is 2.25. The van der Waals surface area contributed by atoms with Crippen molar-refractivity contribution in [2.45, 2.75) is 38.6 Å². The zero-order chi connectivity index (χ0) is 21.5. The third kappa shape index (κ3) is 6.25. The minimum atomic E-state index is -0.271. The number of hydrogen-bond acceptors (Lipinski definition) is 4. The van der Waals surface area contributed by atoms with E-state index < -0.39 is 0 Å². The molecule has 166 valence electrons. The monoisotopic (exact) mass is 418 g/mol. The third-order valence-corrected chi connectivity index (χ3v) is 6.47. The molecule has 2 aliphatic heterocycles. The van der Waals surface area contributed by atoms with Gasteiger partial charge in [0, 0.05) is 46.3 Å². The molecule has 2 amide bonds. The lowest BCUT2D eigenvalue weighted by atomic mass is 10.1. The molecule has 0 aliphatic carbocycles. The highest BCUT2D eigenvalue weighted by Crippen LogP contribution is 2.19. The van der Waals surface area contributed by atoms with Gasteiger partial charge in [0.05, 0.1) is 19.1 Å². The molecule has 1 aromatic rings. The highest BCUT2D eigenvalue weighted by atomic mass is 19.1. The maximum Gasteiger partial charge on any atom is 0.236 e. The SMILES string of the molecule is CC(c1ccc(F)cc1)N(C)C(=O)CN1CCN(CC(=O)N2CCCCCC2)CC1. The summed E-state index contributed by atoms with van der Waals surface area (Å²) in [5.74, 6) is 0.0299. The Morgan fingerprint density at radius 3 is 2.00 bits per heavy atom. The summed E-state index contributed by atoms with van der Waals surface area (Å²) < 4.78 is 13.1. The van der Waals surface area contributed by atoms with E-state index >= 15 is 0 Å². The van der Waals surface area contributed by atoms with E-state index in [-0.39, 0.29) is 23.7 Å². The predicted molar refractivity (Wildman–Crippen MR) is 116 cm³/mol. The number of rotatable bonds is 6. The van der Waals surface area contributed by atoms with Crippen molar-refractivity contribution in [1.82, 2.24) is 19.6 Å². The molecule has 2 aliphatic rings. The first kappa shape index (κ1) is 22.7. The number of benzene rings is 1. The number of likely N-dealkylation sites (N-methyl/N-ethyl adjacent to an activating group) is 1. The molecule has 0 saturated carbocycles. The summed E-state index contributed by atoms with van der Waals surface area (Å²) in [6, 6.07) is 6.20. The van der Waals surface area contributed by atoms with Crippen molar-refractivity contribution in [3.8, 4) is 0 Å². The van der Waals surface area contributed by atoms with E-state index in [0.717, 1.165) is 57.7 Å². The van der Waals surface area contributed by atoms with E-state index in [1.165, 1.54) is 25.0 Å². The Morgan fingerprint density at radius 1 is 0.900 bits per heavy atom. The molecule has 1 aromatic carbocycles. The lowest BCUT2D eigenvalue weighted by Gasteiger charge is -2.36. The largest absolute Gasteiger partial charge is 0.342 e. The third-order valence-electron chi connectivity index (χ3n) is 6.47. The number of hydrogen-bond donors (Lipinski definition) is 0. The minimum Gasteiger partial charge on any atom is -0.342 e. The van der Waals surface area contributed by atoms with Crippen LogP contribution in [-0.4, -0.2) is 90.8 Å². The molecule has 2 fully saturated rings. The number of carbonyl (C=O) groups is 2. The molecule has 2 heterocycles. The van der Waals surface area contributed by atoms with E-state index in [1.807, 2.05) is 11.8 Å². The zero-order valence-electron chi connectivity index (χ0n) is 18.4. The molecule has 6 nitrogen and oxygen atoms in total. The van der Waals surface area contributed by atoms with Gasteiger partial charge in [-0.2, -0.15) is 0 Å². The lowest BCUT2D eigenvalue weighted by Crippen LogP contribution is -2.52. The van der Waals surface area contributed by atoms with Gasteiger partial charge in [0.1, 0.15) is 5.82 Å². The quantitative estimate of drug-likeness (QED) is 0.712. The second kappa shape index (κ2) is 10.9. The van der Waals surface area contributed by atoms with Gasteiger partial charge in [-0.25, -0.2) is 4.39 Å². The van der Waals surface area contributed by atoms with Crippen LogP contribution in [0.25, 0.3) is 0 Å². The summed E-state index contributed by atoms with van der Waals surface area (Å²) in [4.78, 5) is 33.4. The van der Waals surface area contributed by atoms with Crippen LogP contribution in [0.1, 0.15) is 44.2 Å². The van der Waals surface area contributed by atoms with E-state index in [0.29, 0.717) is 13.1 Å². The Hall–Kier alpha value is -1.99. The summed E-state index contributed by atoms with van der Waals surface area (Å²) in [6.07, 6.45) is 4.69. The Bertz CT molecular complexity index is 696. The molecule has 0 N–H and O–H groups in total. The fourth-order valence-corrected chi connectivity index (χ4v) is 4.20. The van der Waals surface area contributed by atoms with Crippen molar-refractivity contribution >= 4 is 11.8 Å². The molecule has 3 rings (SSSR count). The first-order valence-electron chi connectivity index (χ1n) is 11.2. The first-order valence-corrected chi connectivity index (χ1v) is 11.2. The van der Waals surface area contributed by atoms with Crippen LogP contribution in [0.3, 0.4) is 0 Å². The lowest BCUT2D eigenvalue weighted by molar-refractivity contribution is -0.135. The molecule has 0 bridgehead atoms. The average molecular weight is 419 g/mol. The van der Waals surface area contributed by atoms with Crippen LogP contribution < -0.4 is 0 Å². The minimum absolute atomic E-state index is 0.0564. The van der Waals surface area contributed by atoms with E-state index in [1.54, 1.807) is 24.1 Å². The highest BCUT2D eigenvalue weighted by molar-refractivity contribution is 5.79. The fourth-order valence-electron chi connectivity index (χ4n) is 4.20. The molecule has 1 unspecified atom stereocenters. The molecule has 30 heavy (non-hydrogen) atoms. The van der Waals surface area contributed by atoms with Crippen molar-refractivity contribution < 1.29 is 14.0 Å². The topological polar surface area (TPSA) is 47.1 Å². The maximum atomic E-state index is 13.1. The van der Waals surface area contributed by atoms with Crippen LogP contribution in [0.15, 0.2) is 24.3 Å². The standard InChI is InChI=1S/C23H35FN4O2/c1-19(20-7-9-21(24)10-8-20)25(2)22(29)17-26-13-15-27(16-14-26)18-23(30)28-11-5-3-4-6-12-28/h7-10,19H,3-6,11-18H2,1-2H3. The number of likely N-dealkylation sites (tertiary alicyclic amines) is 1. The smallest absolute Gasteiger partial charge is 0.236 e. The molecule has 0 radical (unpaired) electrons. The van der Waals surface area contributed by atoms with Gasteiger partial charge in [-0.05, 0) is 37.5 Å². The summed E-state index contributed by atoms with van der Waals surface area (Å²) in [5, 5.41) is 0. The summed E-state index contributed by atoms with van der Waals surface area (Å²) in [7, 11) is 1.80. The number of piperazine rings is 1. The van der Waals surface area contributed by atoms with Crippen LogP contribution in [0.2, 0.25) is 0 Å². The number of amides is 2. The van der Waals surface area contributed by atoms with E-state index in [2.05, 4.69) is 9.80 Å². The van der Waals surface area contributed by atoms with Crippen LogP contribution in [-0.2, 0) is 9.59 Å². The molecule has 2 saturated heterocycles. The molecule has 7 heteroatoms. The second-order valence-corrected chi connectivity index (χ2v) is 8.58. The Morgan fingerprint density at radius 2 is 1.43 bits per heavy atom. The van der Waals surface area contributed by atoms with Crippen LogP contribution in [0.5, 0.6) is 0 Å². The van der Waals surface area contributed by atoms with Gasteiger partial charge in [-0.1, -0.05) is 25.0 Å². The van der Waals surface area contributed by atoms with Crippen molar-refractivity contribution in [2.24, 2.45) is 0 Å². The van der Waals surface area contributed by atoms with Gasteiger partial charge in [-0.15, -0.1) is 0 Å². The van der Waals surface area contributed by atoms with E-state index in [4.69, 9.17) is 0 Å². The first-order chi connectivity index (χ1) is 14.4. The fraction of sp³-hybridized carbons (Fsp3) is 0.652. The zero-order valence-corrected chi connectivity index (χ0v) is 18.4. The van der Waals surface area contributed by atoms with Gasteiger partial charge in [0.15, 0.2) is 0 Å². The second-order valence-electron chi connectivity index (χ2n) is 8.58. The van der Waals surface area contributed by atoms with Crippen molar-refractivity contribution in [3.05, 3.63) is 35.6 Å². The normalized spacial score (nSPS) is 19.9. The predicted octanol–water partition coefficient (Wildman–Crippen LogP) is 2.37. The van der Waals surface area contributed by atoms with Crippen molar-refractivity contribution in [3.63, 3.8) is 0 Å². The summed E-state index contributed by atoms with van der Waals surface area (Å²) >= 11 is 0. The maximum absolute atomic E-state index is 13.1. The molecule has 0 spiro atoms. The van der Waals surface area contributed by atoms with Gasteiger partial charge in [0.25, 0.3) is 0 Å².